The number of hydrogen-bond acceptors (Lipinski definition) is 7. The van der Waals surface area contributed by atoms with Crippen molar-refractivity contribution in [2.75, 3.05) is 0 Å². The van der Waals surface area contributed by atoms with Gasteiger partial charge in [-0.1, -0.05) is 0 Å². The van der Waals surface area contributed by atoms with Crippen LogP contribution in [-0.2, 0) is 11.4 Å². The van der Waals surface area contributed by atoms with E-state index in [1.165, 1.54) is 0 Å². The Morgan fingerprint density at radius 3 is 2.18 bits per heavy atom. The van der Waals surface area contributed by atoms with E-state index in [0.717, 1.165) is 18.2 Å². The number of nitrogens with zero attached hydrogens (tertiary/aromatic N) is 3. The van der Waals surface area contributed by atoms with E-state index in [-0.39, 0.29) is 5.56 Å². The van der Waals surface area contributed by atoms with Crippen molar-refractivity contribution in [2.24, 2.45) is 0 Å². The smallest absolute Gasteiger partial charge is 0.294 e. The molecule has 10 nitrogen and oxygen atoms in total. The Bertz CT molecular complexity index is 486. The number of nitro benzene ring substituents is 2. The number of rotatable bonds is 5. The third-order valence-corrected chi connectivity index (χ3v) is 1.80. The lowest BCUT2D eigenvalue weighted by molar-refractivity contribution is -0.763. The van der Waals surface area contributed by atoms with E-state index in [9.17, 15) is 30.3 Å². The summed E-state index contributed by atoms with van der Waals surface area (Å²) in [5, 5.41) is 29.8. The topological polar surface area (TPSA) is 139 Å². The number of non-ortho nitro benzene ring substituents is 1. The minimum Gasteiger partial charge on any atom is -0.309 e. The average Bonchev–Trinajstić information content (AvgIpc) is 2.25. The molecule has 90 valence electrons. The summed E-state index contributed by atoms with van der Waals surface area (Å²) < 4.78 is 0. The predicted octanol–water partition coefficient (Wildman–Crippen LogP) is 1.21. The van der Waals surface area contributed by atoms with Crippen molar-refractivity contribution < 1.29 is 19.8 Å². The van der Waals surface area contributed by atoms with Gasteiger partial charge in [0.2, 0.25) is 0 Å². The summed E-state index contributed by atoms with van der Waals surface area (Å²) in [4.78, 5) is 33.2. The molecule has 1 aromatic carbocycles. The van der Waals surface area contributed by atoms with Gasteiger partial charge in [0, 0.05) is 6.07 Å². The molecule has 10 heteroatoms. The van der Waals surface area contributed by atoms with Crippen molar-refractivity contribution in [3.63, 3.8) is 0 Å². The fraction of sp³-hybridized carbons (Fsp3) is 0.143. The predicted molar refractivity (Wildman–Crippen MR) is 51.5 cm³/mol. The lowest BCUT2D eigenvalue weighted by Gasteiger charge is -2.01. The zero-order valence-corrected chi connectivity index (χ0v) is 8.14. The maximum Gasteiger partial charge on any atom is 0.294 e. The van der Waals surface area contributed by atoms with E-state index in [1.54, 1.807) is 0 Å². The van der Waals surface area contributed by atoms with Crippen molar-refractivity contribution in [3.05, 3.63) is 54.1 Å². The summed E-state index contributed by atoms with van der Waals surface area (Å²) in [6, 6.07) is 2.77. The largest absolute Gasteiger partial charge is 0.309 e. The second kappa shape index (κ2) is 4.83. The molecular formula is C7H5N3O7. The normalized spacial score (nSPS) is 9.65. The molecule has 0 radical (unpaired) electrons. The summed E-state index contributed by atoms with van der Waals surface area (Å²) in [6.07, 6.45) is 0. The Labute approximate surface area is 92.8 Å². The summed E-state index contributed by atoms with van der Waals surface area (Å²) in [5.74, 6) is 0. The van der Waals surface area contributed by atoms with Gasteiger partial charge in [0.1, 0.15) is 6.61 Å². The highest BCUT2D eigenvalue weighted by atomic mass is 16.9. The van der Waals surface area contributed by atoms with Crippen LogP contribution in [-0.4, -0.2) is 14.9 Å². The summed E-state index contributed by atoms with van der Waals surface area (Å²) in [7, 11) is 0. The molecule has 17 heavy (non-hydrogen) atoms. The van der Waals surface area contributed by atoms with Crippen LogP contribution in [0.1, 0.15) is 5.56 Å². The molecule has 0 heterocycles. The molecule has 0 aliphatic rings. The van der Waals surface area contributed by atoms with Crippen molar-refractivity contribution in [3.8, 4) is 0 Å². The molecule has 0 aliphatic heterocycles. The van der Waals surface area contributed by atoms with E-state index < -0.39 is 32.9 Å². The lowest BCUT2D eigenvalue weighted by atomic mass is 10.2. The van der Waals surface area contributed by atoms with Gasteiger partial charge in [-0.2, -0.15) is 0 Å². The van der Waals surface area contributed by atoms with Crippen LogP contribution >= 0.6 is 0 Å². The average molecular weight is 243 g/mol. The van der Waals surface area contributed by atoms with Gasteiger partial charge in [0.25, 0.3) is 16.5 Å². The van der Waals surface area contributed by atoms with E-state index >= 15 is 0 Å². The van der Waals surface area contributed by atoms with Gasteiger partial charge < -0.3 is 4.84 Å². The zero-order valence-electron chi connectivity index (χ0n) is 8.14. The van der Waals surface area contributed by atoms with Crippen molar-refractivity contribution in [2.45, 2.75) is 6.61 Å². The minimum absolute atomic E-state index is 0.114. The second-order valence-corrected chi connectivity index (χ2v) is 2.82. The lowest BCUT2D eigenvalue weighted by Crippen LogP contribution is -2.04. The first-order valence-corrected chi connectivity index (χ1v) is 4.11. The number of hydrogen-bond donors (Lipinski definition) is 0. The first-order valence-electron chi connectivity index (χ1n) is 4.11. The van der Waals surface area contributed by atoms with Crippen LogP contribution in [0.15, 0.2) is 18.2 Å². The first-order chi connectivity index (χ1) is 7.91. The SMILES string of the molecule is O=[N+]([O-])OCc1ccc([N+](=O)[O-])cc1[N+](=O)[O-]. The molecule has 1 rings (SSSR count). The Balaban J connectivity index is 3.08. The maximum atomic E-state index is 10.6. The van der Waals surface area contributed by atoms with Crippen molar-refractivity contribution >= 4 is 11.4 Å². The number of nitro groups is 2. The molecule has 0 aromatic heterocycles. The summed E-state index contributed by atoms with van der Waals surface area (Å²) >= 11 is 0. The minimum atomic E-state index is -1.11. The van der Waals surface area contributed by atoms with Crippen LogP contribution in [0.3, 0.4) is 0 Å². The van der Waals surface area contributed by atoms with E-state index in [2.05, 4.69) is 4.84 Å². The fourth-order valence-electron chi connectivity index (χ4n) is 1.08. The van der Waals surface area contributed by atoms with Crippen LogP contribution in [0.5, 0.6) is 0 Å². The van der Waals surface area contributed by atoms with Crippen molar-refractivity contribution in [1.82, 2.24) is 0 Å². The Hall–Kier alpha value is -2.78. The molecule has 0 saturated carbocycles. The van der Waals surface area contributed by atoms with Gasteiger partial charge in [0.15, 0.2) is 0 Å². The second-order valence-electron chi connectivity index (χ2n) is 2.82. The van der Waals surface area contributed by atoms with E-state index in [0.29, 0.717) is 0 Å². The molecule has 0 fully saturated rings. The van der Waals surface area contributed by atoms with Gasteiger partial charge in [-0.05, 0) is 6.07 Å². The molecule has 0 aliphatic carbocycles. The van der Waals surface area contributed by atoms with Gasteiger partial charge in [0.05, 0.1) is 21.5 Å². The third-order valence-electron chi connectivity index (χ3n) is 1.80. The highest BCUT2D eigenvalue weighted by Crippen LogP contribution is 2.25. The van der Waals surface area contributed by atoms with Gasteiger partial charge >= 0.3 is 0 Å². The van der Waals surface area contributed by atoms with Crippen LogP contribution in [0.4, 0.5) is 11.4 Å². The van der Waals surface area contributed by atoms with Crippen LogP contribution in [0.2, 0.25) is 0 Å². The molecule has 0 N–H and O–H groups in total. The third kappa shape index (κ3) is 3.09. The van der Waals surface area contributed by atoms with Crippen LogP contribution in [0, 0.1) is 30.3 Å². The molecule has 0 spiro atoms. The van der Waals surface area contributed by atoms with Gasteiger partial charge in [-0.15, -0.1) is 10.1 Å². The van der Waals surface area contributed by atoms with E-state index in [4.69, 9.17) is 0 Å². The number of benzene rings is 1. The van der Waals surface area contributed by atoms with Crippen LogP contribution < -0.4 is 0 Å². The first kappa shape index (κ1) is 12.3. The fourth-order valence-corrected chi connectivity index (χ4v) is 1.08. The van der Waals surface area contributed by atoms with Gasteiger partial charge in [-0.3, -0.25) is 20.2 Å². The van der Waals surface area contributed by atoms with Crippen LogP contribution in [0.25, 0.3) is 0 Å². The highest BCUT2D eigenvalue weighted by Gasteiger charge is 2.19. The Kier molecular flexibility index (Phi) is 3.49. The standard InChI is InChI=1S/C7H5N3O7/c11-8(12)6-2-1-5(4-17-10(15)16)7(3-6)9(13)14/h1-3H,4H2. The molecule has 0 unspecified atom stereocenters. The molecule has 0 amide bonds. The Morgan fingerprint density at radius 2 is 1.71 bits per heavy atom. The summed E-state index contributed by atoms with van der Waals surface area (Å²) in [5.41, 5.74) is -1.18. The molecule has 0 atom stereocenters. The molecule has 0 saturated heterocycles. The highest BCUT2D eigenvalue weighted by molar-refractivity contribution is 5.48. The van der Waals surface area contributed by atoms with Gasteiger partial charge in [-0.25, -0.2) is 0 Å². The molecular weight excluding hydrogens is 238 g/mol. The quantitative estimate of drug-likeness (QED) is 0.559. The maximum absolute atomic E-state index is 10.6. The Morgan fingerprint density at radius 1 is 1.06 bits per heavy atom. The monoisotopic (exact) mass is 243 g/mol. The zero-order chi connectivity index (χ0) is 13.0. The van der Waals surface area contributed by atoms with E-state index in [1.807, 2.05) is 0 Å². The van der Waals surface area contributed by atoms with Crippen molar-refractivity contribution in [1.29, 1.82) is 0 Å². The molecule has 0 bridgehead atoms. The summed E-state index contributed by atoms with van der Waals surface area (Å²) in [6.45, 7) is -0.638. The molecule has 1 aromatic rings.